The normalized spacial score (nSPS) is 10.6. The van der Waals surface area contributed by atoms with Crippen LogP contribution in [0.4, 0.5) is 0 Å². The van der Waals surface area contributed by atoms with Gasteiger partial charge >= 0.3 is 5.97 Å². The van der Waals surface area contributed by atoms with Crippen molar-refractivity contribution in [3.8, 4) is 0 Å². The van der Waals surface area contributed by atoms with Gasteiger partial charge in [-0.1, -0.05) is 30.3 Å². The zero-order valence-corrected chi connectivity index (χ0v) is 10.2. The standard InChI is InChI=1S/C13H16O2S/c1-2-15-13(14)9-11-16-10-8-12-6-4-3-5-7-12/h3-8,10H,2,9,11H2,1H3/b10-8-. The number of hydrogen-bond donors (Lipinski definition) is 0. The fourth-order valence-electron chi connectivity index (χ4n) is 1.13. The summed E-state index contributed by atoms with van der Waals surface area (Å²) in [6.07, 6.45) is 2.51. The lowest BCUT2D eigenvalue weighted by Gasteiger charge is -1.98. The zero-order valence-electron chi connectivity index (χ0n) is 9.39. The summed E-state index contributed by atoms with van der Waals surface area (Å²) >= 11 is 1.62. The van der Waals surface area contributed by atoms with Gasteiger partial charge in [0.05, 0.1) is 13.0 Å². The molecular weight excluding hydrogens is 220 g/mol. The quantitative estimate of drug-likeness (QED) is 0.559. The lowest BCUT2D eigenvalue weighted by molar-refractivity contribution is -0.142. The van der Waals surface area contributed by atoms with Gasteiger partial charge in [0, 0.05) is 5.75 Å². The van der Waals surface area contributed by atoms with Crippen molar-refractivity contribution in [3.05, 3.63) is 41.3 Å². The first-order valence-corrected chi connectivity index (χ1v) is 6.36. The molecule has 0 saturated carbocycles. The summed E-state index contributed by atoms with van der Waals surface area (Å²) in [6, 6.07) is 10.1. The van der Waals surface area contributed by atoms with E-state index in [2.05, 4.69) is 0 Å². The molecule has 16 heavy (non-hydrogen) atoms. The fraction of sp³-hybridized carbons (Fsp3) is 0.308. The second-order valence-electron chi connectivity index (χ2n) is 3.14. The third-order valence-electron chi connectivity index (χ3n) is 1.89. The highest BCUT2D eigenvalue weighted by Gasteiger charge is 1.98. The molecule has 0 aromatic heterocycles. The first kappa shape index (κ1) is 12.8. The number of carbonyl (C=O) groups is 1. The smallest absolute Gasteiger partial charge is 0.306 e. The molecule has 0 saturated heterocycles. The van der Waals surface area contributed by atoms with Crippen LogP contribution in [0, 0.1) is 0 Å². The molecule has 0 N–H and O–H groups in total. The molecule has 2 nitrogen and oxygen atoms in total. The van der Waals surface area contributed by atoms with E-state index in [0.717, 1.165) is 5.75 Å². The molecule has 0 aliphatic carbocycles. The van der Waals surface area contributed by atoms with E-state index >= 15 is 0 Å². The summed E-state index contributed by atoms with van der Waals surface area (Å²) in [6.45, 7) is 2.28. The van der Waals surface area contributed by atoms with Crippen molar-refractivity contribution >= 4 is 23.8 Å². The molecule has 0 spiro atoms. The Hall–Kier alpha value is -1.22. The molecule has 0 fully saturated rings. The molecule has 1 aromatic carbocycles. The molecule has 0 aliphatic heterocycles. The Morgan fingerprint density at radius 2 is 2.12 bits per heavy atom. The Bertz CT molecular complexity index is 333. The number of thioether (sulfide) groups is 1. The molecule has 0 radical (unpaired) electrons. The maximum Gasteiger partial charge on any atom is 0.306 e. The lowest BCUT2D eigenvalue weighted by Crippen LogP contribution is -2.04. The first-order chi connectivity index (χ1) is 7.83. The molecule has 0 amide bonds. The summed E-state index contributed by atoms with van der Waals surface area (Å²) in [5.74, 6) is 0.644. The van der Waals surface area contributed by atoms with E-state index in [0.29, 0.717) is 13.0 Å². The molecule has 3 heteroatoms. The highest BCUT2D eigenvalue weighted by Crippen LogP contribution is 2.09. The largest absolute Gasteiger partial charge is 0.466 e. The summed E-state index contributed by atoms with van der Waals surface area (Å²) in [5.41, 5.74) is 1.17. The third-order valence-corrected chi connectivity index (χ3v) is 2.65. The highest BCUT2D eigenvalue weighted by molar-refractivity contribution is 8.02. The molecule has 0 unspecified atom stereocenters. The van der Waals surface area contributed by atoms with Crippen molar-refractivity contribution in [2.45, 2.75) is 13.3 Å². The summed E-state index contributed by atoms with van der Waals surface area (Å²) in [5, 5.41) is 2.01. The average molecular weight is 236 g/mol. The fourth-order valence-corrected chi connectivity index (χ4v) is 1.81. The predicted molar refractivity (Wildman–Crippen MR) is 69.2 cm³/mol. The van der Waals surface area contributed by atoms with Crippen molar-refractivity contribution < 1.29 is 9.53 Å². The Labute approximate surface area is 101 Å². The van der Waals surface area contributed by atoms with E-state index in [1.54, 1.807) is 11.8 Å². The van der Waals surface area contributed by atoms with Crippen LogP contribution in [0.5, 0.6) is 0 Å². The minimum absolute atomic E-state index is 0.122. The number of esters is 1. The van der Waals surface area contributed by atoms with Crippen LogP contribution in [0.3, 0.4) is 0 Å². The topological polar surface area (TPSA) is 26.3 Å². The monoisotopic (exact) mass is 236 g/mol. The Kier molecular flexibility index (Phi) is 6.42. The van der Waals surface area contributed by atoms with Gasteiger partial charge in [-0.15, -0.1) is 11.8 Å². The number of ether oxygens (including phenoxy) is 1. The number of rotatable bonds is 6. The number of benzene rings is 1. The third kappa shape index (κ3) is 5.61. The summed E-state index contributed by atoms with van der Waals surface area (Å²) in [4.78, 5) is 11.0. The van der Waals surface area contributed by atoms with Crippen molar-refractivity contribution in [1.82, 2.24) is 0 Å². The highest BCUT2D eigenvalue weighted by atomic mass is 32.2. The maximum atomic E-state index is 11.0. The predicted octanol–water partition coefficient (Wildman–Crippen LogP) is 3.34. The van der Waals surface area contributed by atoms with Gasteiger partial charge in [-0.2, -0.15) is 0 Å². The molecule has 1 rings (SSSR count). The van der Waals surface area contributed by atoms with Crippen LogP contribution in [-0.4, -0.2) is 18.3 Å². The van der Waals surface area contributed by atoms with Gasteiger partial charge in [0.2, 0.25) is 0 Å². The van der Waals surface area contributed by atoms with Gasteiger partial charge in [-0.05, 0) is 24.0 Å². The number of carbonyl (C=O) groups excluding carboxylic acids is 1. The van der Waals surface area contributed by atoms with Crippen molar-refractivity contribution in [2.75, 3.05) is 12.4 Å². The van der Waals surface area contributed by atoms with Crippen LogP contribution in [0.25, 0.3) is 6.08 Å². The maximum absolute atomic E-state index is 11.0. The molecule has 0 bridgehead atoms. The van der Waals surface area contributed by atoms with Gasteiger partial charge in [0.1, 0.15) is 0 Å². The van der Waals surface area contributed by atoms with E-state index in [-0.39, 0.29) is 5.97 Å². The Balaban J connectivity index is 2.16. The van der Waals surface area contributed by atoms with E-state index < -0.39 is 0 Å². The van der Waals surface area contributed by atoms with E-state index in [4.69, 9.17) is 4.74 Å². The second-order valence-corrected chi connectivity index (χ2v) is 4.15. The first-order valence-electron chi connectivity index (χ1n) is 5.31. The van der Waals surface area contributed by atoms with Crippen LogP contribution in [-0.2, 0) is 9.53 Å². The van der Waals surface area contributed by atoms with Gasteiger partial charge < -0.3 is 4.74 Å². The van der Waals surface area contributed by atoms with Crippen LogP contribution in [0.15, 0.2) is 35.7 Å². The van der Waals surface area contributed by atoms with Crippen LogP contribution < -0.4 is 0 Å². The SMILES string of the molecule is CCOC(=O)CCS/C=C\c1ccccc1. The van der Waals surface area contributed by atoms with E-state index in [1.165, 1.54) is 5.56 Å². The van der Waals surface area contributed by atoms with Gasteiger partial charge in [0.15, 0.2) is 0 Å². The summed E-state index contributed by atoms with van der Waals surface area (Å²) < 4.78 is 4.83. The Morgan fingerprint density at radius 1 is 1.38 bits per heavy atom. The molecule has 0 heterocycles. The van der Waals surface area contributed by atoms with Crippen molar-refractivity contribution in [3.63, 3.8) is 0 Å². The average Bonchev–Trinajstić information content (AvgIpc) is 2.30. The van der Waals surface area contributed by atoms with E-state index in [9.17, 15) is 4.79 Å². The Morgan fingerprint density at radius 3 is 2.81 bits per heavy atom. The van der Waals surface area contributed by atoms with Gasteiger partial charge in [-0.3, -0.25) is 4.79 Å². The van der Waals surface area contributed by atoms with Gasteiger partial charge in [-0.25, -0.2) is 0 Å². The van der Waals surface area contributed by atoms with Crippen LogP contribution >= 0.6 is 11.8 Å². The molecule has 86 valence electrons. The zero-order chi connectivity index (χ0) is 11.6. The van der Waals surface area contributed by atoms with Crippen molar-refractivity contribution in [2.24, 2.45) is 0 Å². The van der Waals surface area contributed by atoms with Crippen LogP contribution in [0.2, 0.25) is 0 Å². The minimum atomic E-state index is -0.122. The van der Waals surface area contributed by atoms with Gasteiger partial charge in [0.25, 0.3) is 0 Å². The summed E-state index contributed by atoms with van der Waals surface area (Å²) in [7, 11) is 0. The number of hydrogen-bond acceptors (Lipinski definition) is 3. The molecule has 0 aliphatic rings. The second kappa shape index (κ2) is 7.99. The lowest BCUT2D eigenvalue weighted by atomic mass is 10.2. The van der Waals surface area contributed by atoms with Crippen LogP contribution in [0.1, 0.15) is 18.9 Å². The molecule has 0 atom stereocenters. The van der Waals surface area contributed by atoms with Crippen molar-refractivity contribution in [1.29, 1.82) is 0 Å². The molecular formula is C13H16O2S. The van der Waals surface area contributed by atoms with E-state index in [1.807, 2.05) is 48.7 Å². The minimum Gasteiger partial charge on any atom is -0.466 e. The molecule has 1 aromatic rings.